The molecule has 0 spiro atoms. The zero-order valence-electron chi connectivity index (χ0n) is 21.3. The fourth-order valence-corrected chi connectivity index (χ4v) is 4.58. The molecule has 2 amide bonds. The summed E-state index contributed by atoms with van der Waals surface area (Å²) < 4.78 is 21.9. The van der Waals surface area contributed by atoms with Gasteiger partial charge in [0.25, 0.3) is 5.56 Å². The first-order valence-corrected chi connectivity index (χ1v) is 12.3. The fraction of sp³-hybridized carbons (Fsp3) is 0.167. The number of amides is 2. The number of hydrogen-bond donors (Lipinski definition) is 1. The summed E-state index contributed by atoms with van der Waals surface area (Å²) in [6, 6.07) is 21.1. The molecule has 0 fully saturated rings. The second kappa shape index (κ2) is 10.3. The van der Waals surface area contributed by atoms with Crippen LogP contribution in [0, 0.1) is 19.7 Å². The Morgan fingerprint density at radius 2 is 1.71 bits per heavy atom. The summed E-state index contributed by atoms with van der Waals surface area (Å²) in [5, 5.41) is 3.37. The van der Waals surface area contributed by atoms with Crippen molar-refractivity contribution >= 4 is 22.6 Å². The van der Waals surface area contributed by atoms with Crippen molar-refractivity contribution in [3.05, 3.63) is 124 Å². The maximum atomic E-state index is 15.0. The van der Waals surface area contributed by atoms with Crippen LogP contribution in [-0.2, 0) is 6.54 Å². The Labute approximate surface area is 219 Å². The summed E-state index contributed by atoms with van der Waals surface area (Å²) in [4.78, 5) is 33.8. The quantitative estimate of drug-likeness (QED) is 0.282. The molecule has 1 N–H and O–H groups in total. The molecule has 2 aromatic heterocycles. The number of fused-ring (bicyclic) bond motifs is 1. The van der Waals surface area contributed by atoms with Crippen LogP contribution in [0.5, 0.6) is 0 Å². The van der Waals surface area contributed by atoms with Crippen LogP contribution in [0.4, 0.5) is 14.9 Å². The van der Waals surface area contributed by atoms with E-state index in [0.717, 1.165) is 11.1 Å². The Hall–Kier alpha value is -4.72. The molecular weight excluding hydrogens is 483 g/mol. The molecule has 7 nitrogen and oxygen atoms in total. The van der Waals surface area contributed by atoms with Crippen LogP contribution in [0.2, 0.25) is 0 Å². The second-order valence-corrected chi connectivity index (χ2v) is 9.16. The smallest absolute Gasteiger partial charge is 0.322 e. The third-order valence-electron chi connectivity index (χ3n) is 6.62. The molecule has 0 aliphatic carbocycles. The molecule has 38 heavy (non-hydrogen) atoms. The summed E-state index contributed by atoms with van der Waals surface area (Å²) in [6.07, 6.45) is 1.53. The fourth-order valence-electron chi connectivity index (χ4n) is 4.58. The number of para-hydroxylation sites is 3. The van der Waals surface area contributed by atoms with Gasteiger partial charge in [0.1, 0.15) is 17.4 Å². The molecule has 0 aliphatic rings. The Bertz CT molecular complexity index is 1660. The van der Waals surface area contributed by atoms with Gasteiger partial charge in [0.15, 0.2) is 0 Å². The molecule has 1 atom stereocenters. The van der Waals surface area contributed by atoms with Gasteiger partial charge in [-0.15, -0.1) is 0 Å². The van der Waals surface area contributed by atoms with Gasteiger partial charge in [-0.25, -0.2) is 14.2 Å². The van der Waals surface area contributed by atoms with Crippen molar-refractivity contribution < 1.29 is 13.6 Å². The van der Waals surface area contributed by atoms with Gasteiger partial charge in [0, 0.05) is 5.69 Å². The number of benzene rings is 3. The van der Waals surface area contributed by atoms with Crippen molar-refractivity contribution in [2.45, 2.75) is 33.4 Å². The van der Waals surface area contributed by atoms with E-state index in [1.165, 1.54) is 27.9 Å². The number of carbonyl (C=O) groups is 1. The van der Waals surface area contributed by atoms with E-state index >= 15 is 4.39 Å². The molecule has 5 rings (SSSR count). The van der Waals surface area contributed by atoms with Gasteiger partial charge in [-0.2, -0.15) is 0 Å². The summed E-state index contributed by atoms with van der Waals surface area (Å²) in [5.74, 6) is 0.203. The van der Waals surface area contributed by atoms with Gasteiger partial charge < -0.3 is 14.6 Å². The lowest BCUT2D eigenvalue weighted by molar-refractivity contribution is 0.179. The molecular formula is C30H27FN4O3. The van der Waals surface area contributed by atoms with E-state index in [4.69, 9.17) is 9.40 Å². The van der Waals surface area contributed by atoms with Gasteiger partial charge in [-0.3, -0.25) is 9.36 Å². The van der Waals surface area contributed by atoms with Crippen LogP contribution in [0.3, 0.4) is 0 Å². The molecule has 192 valence electrons. The van der Waals surface area contributed by atoms with Crippen LogP contribution in [-0.4, -0.2) is 20.5 Å². The number of hydrogen-bond acceptors (Lipinski definition) is 4. The average molecular weight is 511 g/mol. The highest BCUT2D eigenvalue weighted by Gasteiger charge is 2.29. The topological polar surface area (TPSA) is 80.4 Å². The van der Waals surface area contributed by atoms with Crippen molar-refractivity contribution in [1.82, 2.24) is 14.5 Å². The van der Waals surface area contributed by atoms with E-state index in [2.05, 4.69) is 5.32 Å². The molecule has 8 heteroatoms. The summed E-state index contributed by atoms with van der Waals surface area (Å²) >= 11 is 0. The summed E-state index contributed by atoms with van der Waals surface area (Å²) in [7, 11) is 0. The molecule has 1 unspecified atom stereocenters. The zero-order chi connectivity index (χ0) is 26.8. The first kappa shape index (κ1) is 25.0. The third-order valence-corrected chi connectivity index (χ3v) is 6.62. The molecule has 0 radical (unpaired) electrons. The van der Waals surface area contributed by atoms with Crippen molar-refractivity contribution in [3.8, 4) is 5.69 Å². The first-order valence-electron chi connectivity index (χ1n) is 12.3. The minimum Gasteiger partial charge on any atom is -0.467 e. The van der Waals surface area contributed by atoms with Crippen LogP contribution in [0.1, 0.15) is 35.7 Å². The molecule has 0 saturated heterocycles. The number of aromatic nitrogens is 2. The number of halogens is 1. The minimum atomic E-state index is -0.749. The minimum absolute atomic E-state index is 0.0608. The van der Waals surface area contributed by atoms with Crippen molar-refractivity contribution in [2.24, 2.45) is 0 Å². The average Bonchev–Trinajstić information content (AvgIpc) is 3.43. The highest BCUT2D eigenvalue weighted by molar-refractivity contribution is 5.91. The van der Waals surface area contributed by atoms with Crippen molar-refractivity contribution in [2.75, 3.05) is 5.32 Å². The van der Waals surface area contributed by atoms with Crippen molar-refractivity contribution in [1.29, 1.82) is 0 Å². The number of furan rings is 1. The van der Waals surface area contributed by atoms with Crippen LogP contribution in [0.15, 0.2) is 94.3 Å². The number of urea groups is 1. The Kier molecular flexibility index (Phi) is 6.79. The molecule has 0 bridgehead atoms. The largest absolute Gasteiger partial charge is 0.467 e. The van der Waals surface area contributed by atoms with E-state index < -0.39 is 23.4 Å². The SMILES string of the molecule is Cc1cccc(C)c1NC(=O)N(Cc1ccco1)C(C)c1nc2ccccc2c(=O)n1-c1ccccc1F. The highest BCUT2D eigenvalue weighted by atomic mass is 19.1. The predicted octanol–water partition coefficient (Wildman–Crippen LogP) is 6.53. The zero-order valence-corrected chi connectivity index (χ0v) is 21.3. The Balaban J connectivity index is 1.67. The maximum absolute atomic E-state index is 15.0. The lowest BCUT2D eigenvalue weighted by Gasteiger charge is -2.30. The maximum Gasteiger partial charge on any atom is 0.322 e. The van der Waals surface area contributed by atoms with E-state index in [0.29, 0.717) is 22.4 Å². The number of aryl methyl sites for hydroxylation is 2. The normalized spacial score (nSPS) is 11.9. The lowest BCUT2D eigenvalue weighted by atomic mass is 10.1. The van der Waals surface area contributed by atoms with Gasteiger partial charge >= 0.3 is 6.03 Å². The van der Waals surface area contributed by atoms with Crippen LogP contribution in [0.25, 0.3) is 16.6 Å². The molecule has 2 heterocycles. The van der Waals surface area contributed by atoms with Gasteiger partial charge in [0.05, 0.1) is 35.4 Å². The molecule has 3 aromatic carbocycles. The second-order valence-electron chi connectivity index (χ2n) is 9.16. The van der Waals surface area contributed by atoms with Gasteiger partial charge in [-0.05, 0) is 68.3 Å². The molecule has 0 saturated carbocycles. The van der Waals surface area contributed by atoms with Gasteiger partial charge in [0.2, 0.25) is 0 Å². The Morgan fingerprint density at radius 1 is 1.00 bits per heavy atom. The number of rotatable bonds is 6. The number of carbonyl (C=O) groups excluding carboxylic acids is 1. The van der Waals surface area contributed by atoms with Crippen LogP contribution < -0.4 is 10.9 Å². The van der Waals surface area contributed by atoms with Crippen LogP contribution >= 0.6 is 0 Å². The standard InChI is InChI=1S/C30H27FN4O3/c1-19-10-8-11-20(2)27(19)33-30(37)34(18-22-12-9-17-38-22)21(3)28-32-25-15-6-4-13-23(25)29(36)35(28)26-16-7-5-14-24(26)31/h4-17,21H,18H2,1-3H3,(H,33,37). The molecule has 5 aromatic rings. The third kappa shape index (κ3) is 4.68. The van der Waals surface area contributed by atoms with E-state index in [1.807, 2.05) is 32.0 Å². The molecule has 0 aliphatic heterocycles. The van der Waals surface area contributed by atoms with E-state index in [1.54, 1.807) is 55.5 Å². The monoisotopic (exact) mass is 510 g/mol. The first-order chi connectivity index (χ1) is 18.3. The highest BCUT2D eigenvalue weighted by Crippen LogP contribution is 2.28. The summed E-state index contributed by atoms with van der Waals surface area (Å²) in [5.41, 5.74) is 2.63. The van der Waals surface area contributed by atoms with E-state index in [9.17, 15) is 9.59 Å². The number of nitrogens with zero attached hydrogens (tertiary/aromatic N) is 3. The lowest BCUT2D eigenvalue weighted by Crippen LogP contribution is -2.39. The predicted molar refractivity (Wildman–Crippen MR) is 145 cm³/mol. The number of anilines is 1. The summed E-state index contributed by atoms with van der Waals surface area (Å²) in [6.45, 7) is 5.71. The number of nitrogens with one attached hydrogen (secondary N) is 1. The van der Waals surface area contributed by atoms with Crippen molar-refractivity contribution in [3.63, 3.8) is 0 Å². The van der Waals surface area contributed by atoms with Gasteiger partial charge in [-0.1, -0.05) is 42.5 Å². The van der Waals surface area contributed by atoms with E-state index in [-0.39, 0.29) is 18.1 Å². The Morgan fingerprint density at radius 3 is 2.42 bits per heavy atom.